The summed E-state index contributed by atoms with van der Waals surface area (Å²) in [7, 11) is 3.99. The van der Waals surface area contributed by atoms with Gasteiger partial charge in [0, 0.05) is 26.3 Å². The molecule has 0 aliphatic rings. The predicted molar refractivity (Wildman–Crippen MR) is 106 cm³/mol. The standard InChI is InChI=1S/C21H25N3O2/c1-5-19(25)13-23-21(26)20(12-22)14(2)15-6-7-17-11-18(24(3)4)9-8-16(17)10-15/h6-11,19,25H,5,13H2,1-4H3,(H,23,26)/b20-14+. The van der Waals surface area contributed by atoms with Gasteiger partial charge in [-0.2, -0.15) is 5.26 Å². The number of nitrogens with zero attached hydrogens (tertiary/aromatic N) is 2. The highest BCUT2D eigenvalue weighted by atomic mass is 16.3. The smallest absolute Gasteiger partial charge is 0.262 e. The molecular formula is C21H25N3O2. The molecule has 0 aliphatic carbocycles. The van der Waals surface area contributed by atoms with Gasteiger partial charge >= 0.3 is 0 Å². The van der Waals surface area contributed by atoms with Crippen molar-refractivity contribution in [2.75, 3.05) is 25.5 Å². The first-order chi connectivity index (χ1) is 12.4. The number of aliphatic hydroxyl groups is 1. The molecule has 136 valence electrons. The fourth-order valence-electron chi connectivity index (χ4n) is 2.64. The number of hydrogen-bond acceptors (Lipinski definition) is 4. The highest BCUT2D eigenvalue weighted by Gasteiger charge is 2.15. The lowest BCUT2D eigenvalue weighted by atomic mass is 9.98. The van der Waals surface area contributed by atoms with Gasteiger partial charge in [-0.25, -0.2) is 0 Å². The molecule has 2 N–H and O–H groups in total. The molecule has 0 spiro atoms. The van der Waals surface area contributed by atoms with E-state index in [1.807, 2.05) is 62.3 Å². The second-order valence-electron chi connectivity index (χ2n) is 6.52. The lowest BCUT2D eigenvalue weighted by Gasteiger charge is -2.14. The molecule has 2 rings (SSSR count). The van der Waals surface area contributed by atoms with Crippen LogP contribution in [0, 0.1) is 11.3 Å². The van der Waals surface area contributed by atoms with Crippen molar-refractivity contribution in [1.82, 2.24) is 5.32 Å². The zero-order chi connectivity index (χ0) is 19.3. The van der Waals surface area contributed by atoms with E-state index >= 15 is 0 Å². The number of benzene rings is 2. The molecule has 0 saturated heterocycles. The number of anilines is 1. The van der Waals surface area contributed by atoms with Gasteiger partial charge in [0.05, 0.1) is 6.10 Å². The van der Waals surface area contributed by atoms with Crippen LogP contribution in [-0.4, -0.2) is 37.8 Å². The third kappa shape index (κ3) is 4.41. The average molecular weight is 351 g/mol. The van der Waals surface area contributed by atoms with Crippen molar-refractivity contribution in [2.45, 2.75) is 26.4 Å². The van der Waals surface area contributed by atoms with E-state index in [-0.39, 0.29) is 12.1 Å². The number of rotatable bonds is 6. The van der Waals surface area contributed by atoms with E-state index in [9.17, 15) is 15.2 Å². The first kappa shape index (κ1) is 19.5. The molecule has 0 radical (unpaired) electrons. The minimum absolute atomic E-state index is 0.0672. The molecule has 5 nitrogen and oxygen atoms in total. The largest absolute Gasteiger partial charge is 0.391 e. The van der Waals surface area contributed by atoms with Crippen LogP contribution in [0.3, 0.4) is 0 Å². The maximum atomic E-state index is 12.3. The Kier molecular flexibility index (Phi) is 6.37. The molecule has 0 aromatic heterocycles. The number of amides is 1. The lowest BCUT2D eigenvalue weighted by Crippen LogP contribution is -2.32. The molecule has 1 unspecified atom stereocenters. The Morgan fingerprint density at radius 3 is 2.50 bits per heavy atom. The minimum atomic E-state index is -0.606. The first-order valence-corrected chi connectivity index (χ1v) is 8.66. The molecule has 5 heteroatoms. The van der Waals surface area contributed by atoms with Gasteiger partial charge < -0.3 is 15.3 Å². The molecule has 1 amide bonds. The summed E-state index contributed by atoms with van der Waals surface area (Å²) in [4.78, 5) is 14.3. The van der Waals surface area contributed by atoms with Gasteiger partial charge in [0.2, 0.25) is 0 Å². The number of nitrogens with one attached hydrogen (secondary N) is 1. The molecule has 0 heterocycles. The maximum Gasteiger partial charge on any atom is 0.262 e. The van der Waals surface area contributed by atoms with Crippen LogP contribution in [0.5, 0.6) is 0 Å². The molecule has 0 bridgehead atoms. The quantitative estimate of drug-likeness (QED) is 0.619. The summed E-state index contributed by atoms with van der Waals surface area (Å²) < 4.78 is 0. The van der Waals surface area contributed by atoms with Crippen molar-refractivity contribution >= 4 is 27.9 Å². The predicted octanol–water partition coefficient (Wildman–Crippen LogP) is 3.09. The van der Waals surface area contributed by atoms with E-state index in [1.54, 1.807) is 6.92 Å². The molecular weight excluding hydrogens is 326 g/mol. The van der Waals surface area contributed by atoms with Crippen LogP contribution in [0.1, 0.15) is 25.8 Å². The first-order valence-electron chi connectivity index (χ1n) is 8.66. The summed E-state index contributed by atoms with van der Waals surface area (Å²) in [6.07, 6.45) is -0.0597. The van der Waals surface area contributed by atoms with Crippen LogP contribution in [0.25, 0.3) is 16.3 Å². The van der Waals surface area contributed by atoms with Crippen molar-refractivity contribution in [2.24, 2.45) is 0 Å². The molecule has 26 heavy (non-hydrogen) atoms. The summed E-state index contributed by atoms with van der Waals surface area (Å²) >= 11 is 0. The third-order valence-corrected chi connectivity index (χ3v) is 4.46. The second-order valence-corrected chi connectivity index (χ2v) is 6.52. The van der Waals surface area contributed by atoms with E-state index < -0.39 is 12.0 Å². The molecule has 0 aliphatic heterocycles. The second kappa shape index (κ2) is 8.50. The van der Waals surface area contributed by atoms with Crippen LogP contribution in [0.4, 0.5) is 5.69 Å². The molecule has 0 saturated carbocycles. The van der Waals surface area contributed by atoms with Crippen LogP contribution in [0.15, 0.2) is 42.0 Å². The lowest BCUT2D eigenvalue weighted by molar-refractivity contribution is -0.117. The van der Waals surface area contributed by atoms with Gasteiger partial charge in [-0.15, -0.1) is 0 Å². The van der Waals surface area contributed by atoms with Gasteiger partial charge in [0.1, 0.15) is 11.6 Å². The number of allylic oxidation sites excluding steroid dienone is 1. The Morgan fingerprint density at radius 1 is 1.23 bits per heavy atom. The van der Waals surface area contributed by atoms with Crippen LogP contribution in [-0.2, 0) is 4.79 Å². The number of carbonyl (C=O) groups is 1. The number of fused-ring (bicyclic) bond motifs is 1. The van der Waals surface area contributed by atoms with Crippen molar-refractivity contribution in [3.05, 3.63) is 47.5 Å². The maximum absolute atomic E-state index is 12.3. The van der Waals surface area contributed by atoms with Crippen molar-refractivity contribution in [1.29, 1.82) is 5.26 Å². The molecule has 2 aromatic rings. The highest BCUT2D eigenvalue weighted by molar-refractivity contribution is 6.05. The SMILES string of the molecule is CCC(O)CNC(=O)/C(C#N)=C(\C)c1ccc2cc(N(C)C)ccc2c1. The summed E-state index contributed by atoms with van der Waals surface area (Å²) in [5, 5.41) is 23.8. The zero-order valence-corrected chi connectivity index (χ0v) is 15.7. The van der Waals surface area contributed by atoms with Gasteiger partial charge in [-0.05, 0) is 53.5 Å². The number of aliphatic hydroxyl groups excluding tert-OH is 1. The Bertz CT molecular complexity index is 878. The van der Waals surface area contributed by atoms with E-state index in [0.717, 1.165) is 22.0 Å². The van der Waals surface area contributed by atoms with Crippen LogP contribution < -0.4 is 10.2 Å². The summed E-state index contributed by atoms with van der Waals surface area (Å²) in [6, 6.07) is 14.1. The summed E-state index contributed by atoms with van der Waals surface area (Å²) in [6.45, 7) is 3.74. The number of nitriles is 1. The number of carbonyl (C=O) groups excluding carboxylic acids is 1. The fraction of sp³-hybridized carbons (Fsp3) is 0.333. The average Bonchev–Trinajstić information content (AvgIpc) is 2.65. The monoisotopic (exact) mass is 351 g/mol. The minimum Gasteiger partial charge on any atom is -0.391 e. The third-order valence-electron chi connectivity index (χ3n) is 4.46. The summed E-state index contributed by atoms with van der Waals surface area (Å²) in [5.74, 6) is -0.458. The van der Waals surface area contributed by atoms with Gasteiger partial charge in [0.15, 0.2) is 0 Å². The van der Waals surface area contributed by atoms with Gasteiger partial charge in [-0.3, -0.25) is 4.79 Å². The van der Waals surface area contributed by atoms with Crippen molar-refractivity contribution in [3.63, 3.8) is 0 Å². The normalized spacial score (nSPS) is 12.9. The van der Waals surface area contributed by atoms with Gasteiger partial charge in [0.25, 0.3) is 5.91 Å². The van der Waals surface area contributed by atoms with E-state index in [2.05, 4.69) is 11.4 Å². The van der Waals surface area contributed by atoms with Crippen molar-refractivity contribution < 1.29 is 9.90 Å². The topological polar surface area (TPSA) is 76.4 Å². The Balaban J connectivity index is 2.34. The summed E-state index contributed by atoms with van der Waals surface area (Å²) in [5.41, 5.74) is 2.63. The van der Waals surface area contributed by atoms with Crippen molar-refractivity contribution in [3.8, 4) is 6.07 Å². The Morgan fingerprint density at radius 2 is 1.88 bits per heavy atom. The number of hydrogen-bond donors (Lipinski definition) is 2. The van der Waals surface area contributed by atoms with E-state index in [0.29, 0.717) is 12.0 Å². The zero-order valence-electron chi connectivity index (χ0n) is 15.7. The van der Waals surface area contributed by atoms with E-state index in [1.165, 1.54) is 0 Å². The molecule has 1 atom stereocenters. The highest BCUT2D eigenvalue weighted by Crippen LogP contribution is 2.26. The van der Waals surface area contributed by atoms with E-state index in [4.69, 9.17) is 0 Å². The molecule has 0 fully saturated rings. The van der Waals surface area contributed by atoms with Crippen LogP contribution in [0.2, 0.25) is 0 Å². The van der Waals surface area contributed by atoms with Crippen LogP contribution >= 0.6 is 0 Å². The van der Waals surface area contributed by atoms with Gasteiger partial charge in [-0.1, -0.05) is 25.1 Å². The molecule has 2 aromatic carbocycles. The Hall–Kier alpha value is -2.84. The fourth-order valence-corrected chi connectivity index (χ4v) is 2.64. The Labute approximate surface area is 154 Å².